The lowest BCUT2D eigenvalue weighted by Gasteiger charge is -2.45. The van der Waals surface area contributed by atoms with Crippen molar-refractivity contribution in [2.75, 3.05) is 26.2 Å². The molecule has 0 aliphatic carbocycles. The lowest BCUT2D eigenvalue weighted by atomic mass is 9.67. The van der Waals surface area contributed by atoms with Gasteiger partial charge >= 0.3 is 0 Å². The maximum atomic E-state index is 14.6. The normalized spacial score (nSPS) is 29.5. The Kier molecular flexibility index (Phi) is 7.84. The molecule has 0 radical (unpaired) electrons. The Labute approximate surface area is 196 Å². The molecule has 4 rings (SSSR count). The quantitative estimate of drug-likeness (QED) is 0.564. The molecular weight excluding hydrogens is 460 g/mol. The highest BCUT2D eigenvalue weighted by Gasteiger charge is 2.49. The molecule has 0 spiro atoms. The first-order valence-corrected chi connectivity index (χ1v) is 10.8. The molecule has 2 aliphatic heterocycles. The third-order valence-corrected chi connectivity index (χ3v) is 7.01. The summed E-state index contributed by atoms with van der Waals surface area (Å²) in [7, 11) is 0. The topological polar surface area (TPSA) is 61.4 Å². The smallest absolute Gasteiger partial charge is 0.138 e. The highest BCUT2D eigenvalue weighted by molar-refractivity contribution is 5.85. The monoisotopic (exact) mass is 486 g/mol. The van der Waals surface area contributed by atoms with Crippen LogP contribution in [0.25, 0.3) is 0 Å². The van der Waals surface area contributed by atoms with E-state index >= 15 is 0 Å². The molecule has 2 aliphatic rings. The van der Waals surface area contributed by atoms with Crippen molar-refractivity contribution in [2.24, 2.45) is 17.8 Å². The predicted molar refractivity (Wildman–Crippen MR) is 118 cm³/mol. The summed E-state index contributed by atoms with van der Waals surface area (Å²) in [4.78, 5) is 13.3. The van der Waals surface area contributed by atoms with Crippen LogP contribution < -0.4 is 10.6 Å². The second-order valence-electron chi connectivity index (χ2n) is 8.91. The molecule has 0 saturated carbocycles. The average Bonchev–Trinajstić information content (AvgIpc) is 3.21. The third-order valence-electron chi connectivity index (χ3n) is 7.01. The van der Waals surface area contributed by atoms with Gasteiger partial charge in [0.05, 0.1) is 0 Å². The van der Waals surface area contributed by atoms with Gasteiger partial charge in [-0.15, -0.1) is 12.4 Å². The number of piperidine rings is 1. The van der Waals surface area contributed by atoms with Crippen molar-refractivity contribution in [3.8, 4) is 0 Å². The maximum Gasteiger partial charge on any atom is 0.138 e. The van der Waals surface area contributed by atoms with Crippen molar-refractivity contribution >= 4 is 18.2 Å². The van der Waals surface area contributed by atoms with Crippen LogP contribution in [0.4, 0.5) is 17.6 Å². The molecule has 0 bridgehead atoms. The highest BCUT2D eigenvalue weighted by atomic mass is 35.5. The average molecular weight is 487 g/mol. The van der Waals surface area contributed by atoms with Crippen LogP contribution >= 0.6 is 12.4 Å². The molecule has 33 heavy (non-hydrogen) atoms. The molecule has 2 aromatic rings. The van der Waals surface area contributed by atoms with E-state index in [2.05, 4.69) is 10.6 Å². The van der Waals surface area contributed by atoms with Crippen LogP contribution in [0.2, 0.25) is 0 Å². The number of nitrogens with one attached hydrogen (secondary N) is 2. The first-order chi connectivity index (χ1) is 15.2. The number of ketones is 1. The molecule has 180 valence electrons. The number of carbonyl (C=O) groups is 1. The minimum Gasteiger partial charge on any atom is -0.384 e. The predicted octanol–water partition coefficient (Wildman–Crippen LogP) is 3.67. The van der Waals surface area contributed by atoms with Gasteiger partial charge in [0, 0.05) is 74.0 Å². The lowest BCUT2D eigenvalue weighted by Crippen LogP contribution is -2.55. The largest absolute Gasteiger partial charge is 0.384 e. The van der Waals surface area contributed by atoms with Gasteiger partial charge in [-0.25, -0.2) is 17.6 Å². The van der Waals surface area contributed by atoms with Crippen molar-refractivity contribution in [2.45, 2.75) is 24.9 Å². The SMILES string of the molecule is C[C@H]1CNC[C@@H](CC(=O)[C@@H]2CNC[C@H]2c2ccc(F)cc2F)[C@@]1(O)c1ccc(F)cc1F.Cl. The molecule has 0 amide bonds. The minimum atomic E-state index is -1.67. The second-order valence-corrected chi connectivity index (χ2v) is 8.91. The Bertz CT molecular complexity index is 1020. The fourth-order valence-electron chi connectivity index (χ4n) is 5.26. The van der Waals surface area contributed by atoms with Gasteiger partial charge in [0.25, 0.3) is 0 Å². The van der Waals surface area contributed by atoms with Crippen molar-refractivity contribution in [1.82, 2.24) is 10.6 Å². The molecule has 5 atom stereocenters. The summed E-state index contributed by atoms with van der Waals surface area (Å²) in [6, 6.07) is 6.39. The maximum absolute atomic E-state index is 14.6. The summed E-state index contributed by atoms with van der Waals surface area (Å²) in [6.07, 6.45) is -0.0592. The van der Waals surface area contributed by atoms with E-state index in [0.717, 1.165) is 18.2 Å². The van der Waals surface area contributed by atoms with Crippen LogP contribution in [0.3, 0.4) is 0 Å². The minimum absolute atomic E-state index is 0. The molecule has 0 unspecified atom stereocenters. The number of rotatable bonds is 5. The zero-order valence-corrected chi connectivity index (χ0v) is 18.9. The van der Waals surface area contributed by atoms with Gasteiger partial charge in [-0.2, -0.15) is 0 Å². The molecule has 4 nitrogen and oxygen atoms in total. The van der Waals surface area contributed by atoms with Crippen molar-refractivity contribution in [3.63, 3.8) is 0 Å². The van der Waals surface area contributed by atoms with Gasteiger partial charge in [0.1, 0.15) is 34.7 Å². The Morgan fingerprint density at radius 3 is 2.27 bits per heavy atom. The number of aliphatic hydroxyl groups is 1. The first-order valence-electron chi connectivity index (χ1n) is 10.8. The number of halogens is 5. The lowest BCUT2D eigenvalue weighted by molar-refractivity contribution is -0.132. The van der Waals surface area contributed by atoms with E-state index in [9.17, 15) is 27.5 Å². The summed E-state index contributed by atoms with van der Waals surface area (Å²) in [6.45, 7) is 3.14. The zero-order valence-electron chi connectivity index (χ0n) is 18.1. The van der Waals surface area contributed by atoms with Gasteiger partial charge in [-0.3, -0.25) is 4.79 Å². The molecule has 0 aromatic heterocycles. The summed E-state index contributed by atoms with van der Waals surface area (Å²) in [5.74, 6) is -5.28. The van der Waals surface area contributed by atoms with E-state index in [0.29, 0.717) is 19.6 Å². The molecule has 2 fully saturated rings. The Morgan fingerprint density at radius 2 is 1.61 bits per heavy atom. The van der Waals surface area contributed by atoms with Crippen LogP contribution in [0.5, 0.6) is 0 Å². The van der Waals surface area contributed by atoms with E-state index in [1.807, 2.05) is 0 Å². The van der Waals surface area contributed by atoms with Crippen LogP contribution in [0.15, 0.2) is 36.4 Å². The fourth-order valence-corrected chi connectivity index (χ4v) is 5.26. The number of benzene rings is 2. The van der Waals surface area contributed by atoms with Crippen LogP contribution in [0, 0.1) is 41.0 Å². The summed E-state index contributed by atoms with van der Waals surface area (Å²) in [5.41, 5.74) is -1.43. The Hall–Kier alpha value is -2.00. The molecule has 2 saturated heterocycles. The zero-order chi connectivity index (χ0) is 23.0. The second kappa shape index (κ2) is 10.1. The number of hydrogen-bond acceptors (Lipinski definition) is 4. The summed E-state index contributed by atoms with van der Waals surface area (Å²) >= 11 is 0. The van der Waals surface area contributed by atoms with Crippen LogP contribution in [-0.4, -0.2) is 37.1 Å². The number of hydrogen-bond donors (Lipinski definition) is 3. The van der Waals surface area contributed by atoms with Crippen molar-refractivity contribution in [3.05, 3.63) is 70.8 Å². The first kappa shape index (κ1) is 25.6. The van der Waals surface area contributed by atoms with E-state index in [4.69, 9.17) is 0 Å². The molecular formula is C24H27ClF4N2O2. The van der Waals surface area contributed by atoms with Gasteiger partial charge in [0.15, 0.2) is 0 Å². The summed E-state index contributed by atoms with van der Waals surface area (Å²) < 4.78 is 55.8. The highest BCUT2D eigenvalue weighted by Crippen LogP contribution is 2.43. The third kappa shape index (κ3) is 4.80. The molecule has 2 heterocycles. The van der Waals surface area contributed by atoms with Gasteiger partial charge < -0.3 is 15.7 Å². The van der Waals surface area contributed by atoms with Crippen molar-refractivity contribution < 1.29 is 27.5 Å². The Balaban J connectivity index is 0.00000306. The van der Waals surface area contributed by atoms with E-state index < -0.39 is 52.5 Å². The molecule has 3 N–H and O–H groups in total. The van der Waals surface area contributed by atoms with Crippen LogP contribution in [-0.2, 0) is 10.4 Å². The Morgan fingerprint density at radius 1 is 0.970 bits per heavy atom. The van der Waals surface area contributed by atoms with E-state index in [1.165, 1.54) is 18.2 Å². The number of carbonyl (C=O) groups excluding carboxylic acids is 1. The molecule has 9 heteroatoms. The van der Waals surface area contributed by atoms with Crippen molar-refractivity contribution in [1.29, 1.82) is 0 Å². The van der Waals surface area contributed by atoms with Gasteiger partial charge in [-0.1, -0.05) is 19.1 Å². The standard InChI is InChI=1S/C24H26F4N2O2.ClH/c1-13-9-29-10-14(24(13,32)20-5-3-16(26)8-22(20)28)6-23(31)19-12-30-11-18(19)17-4-2-15(25)7-21(17)27;/h2-5,7-8,13-14,18-19,29-30,32H,6,9-12H2,1H3;1H/t13-,14+,18-,19+,24+;/m0./s1. The molecule has 2 aromatic carbocycles. The van der Waals surface area contributed by atoms with Crippen LogP contribution in [0.1, 0.15) is 30.4 Å². The summed E-state index contributed by atoms with van der Waals surface area (Å²) in [5, 5.41) is 17.9. The number of Topliss-reactive ketones (excluding diaryl/α,β-unsaturated/α-hetero) is 1. The van der Waals surface area contributed by atoms with Gasteiger partial charge in [0.2, 0.25) is 0 Å². The van der Waals surface area contributed by atoms with E-state index in [1.54, 1.807) is 6.92 Å². The fraction of sp³-hybridized carbons (Fsp3) is 0.458. The van der Waals surface area contributed by atoms with E-state index in [-0.39, 0.29) is 42.3 Å². The van der Waals surface area contributed by atoms with Gasteiger partial charge in [-0.05, 0) is 17.7 Å².